The van der Waals surface area contributed by atoms with E-state index in [-0.39, 0.29) is 12.5 Å². The third-order valence-electron chi connectivity index (χ3n) is 6.68. The fourth-order valence-corrected chi connectivity index (χ4v) is 5.35. The molecule has 0 unspecified atom stereocenters. The number of rotatable bonds is 11. The van der Waals surface area contributed by atoms with Crippen molar-refractivity contribution in [2.24, 2.45) is 0 Å². The molecular formula is C27H36N4O3S. The van der Waals surface area contributed by atoms with E-state index in [4.69, 9.17) is 14.2 Å². The molecule has 1 N–H and O–H groups in total. The van der Waals surface area contributed by atoms with Gasteiger partial charge in [-0.05, 0) is 67.8 Å². The molecule has 0 bridgehead atoms. The summed E-state index contributed by atoms with van der Waals surface area (Å²) in [5.41, 5.74) is 3.30. The number of hydrogen-bond donors (Lipinski definition) is 1. The summed E-state index contributed by atoms with van der Waals surface area (Å²) in [6.07, 6.45) is 2.05. The van der Waals surface area contributed by atoms with Gasteiger partial charge in [0.05, 0.1) is 23.6 Å². The van der Waals surface area contributed by atoms with Crippen molar-refractivity contribution in [3.8, 4) is 17.0 Å². The van der Waals surface area contributed by atoms with E-state index in [1.54, 1.807) is 6.92 Å². The molecule has 0 saturated carbocycles. The Balaban J connectivity index is 1.32. The maximum Gasteiger partial charge on any atom is 0.219 e. The number of aliphatic hydroxyl groups is 1. The van der Waals surface area contributed by atoms with Gasteiger partial charge in [0.1, 0.15) is 5.75 Å². The first-order valence-electron chi connectivity index (χ1n) is 12.6. The maximum absolute atomic E-state index is 11.6. The first kappa shape index (κ1) is 25.4. The van der Waals surface area contributed by atoms with Gasteiger partial charge in [0.15, 0.2) is 0 Å². The summed E-state index contributed by atoms with van der Waals surface area (Å²) in [6, 6.07) is 14.8. The molecule has 7 nitrogen and oxygen atoms in total. The Morgan fingerprint density at radius 1 is 1.09 bits per heavy atom. The Morgan fingerprint density at radius 3 is 2.54 bits per heavy atom. The number of fused-ring (bicyclic) bond motifs is 1. The van der Waals surface area contributed by atoms with Crippen LogP contribution < -0.4 is 9.64 Å². The van der Waals surface area contributed by atoms with E-state index in [2.05, 4.69) is 53.1 Å². The highest BCUT2D eigenvalue weighted by molar-refractivity contribution is 7.13. The summed E-state index contributed by atoms with van der Waals surface area (Å²) in [7, 11) is 0. The van der Waals surface area contributed by atoms with Gasteiger partial charge in [-0.3, -0.25) is 4.79 Å². The van der Waals surface area contributed by atoms with E-state index >= 15 is 0 Å². The fourth-order valence-electron chi connectivity index (χ4n) is 4.52. The van der Waals surface area contributed by atoms with Gasteiger partial charge in [0, 0.05) is 56.3 Å². The lowest BCUT2D eigenvalue weighted by Crippen LogP contribution is -2.48. The molecule has 3 aromatic rings. The Hall–Kier alpha value is -2.68. The zero-order valence-corrected chi connectivity index (χ0v) is 21.6. The average Bonchev–Trinajstić information content (AvgIpc) is 3.31. The second kappa shape index (κ2) is 12.3. The number of amides is 1. The number of aliphatic hydroxyl groups excluding tert-OH is 1. The number of carbonyl (C=O) groups is 1. The van der Waals surface area contributed by atoms with Crippen molar-refractivity contribution in [2.45, 2.75) is 26.7 Å². The maximum atomic E-state index is 11.6. The number of unbranched alkanes of at least 4 members (excludes halogenated alkanes) is 1. The Morgan fingerprint density at radius 2 is 1.86 bits per heavy atom. The molecule has 1 aliphatic heterocycles. The van der Waals surface area contributed by atoms with Crippen LogP contribution in [0.15, 0.2) is 42.5 Å². The van der Waals surface area contributed by atoms with Crippen molar-refractivity contribution in [2.75, 3.05) is 63.9 Å². The number of hydrogen-bond acceptors (Lipinski definition) is 7. The van der Waals surface area contributed by atoms with Crippen molar-refractivity contribution in [1.82, 2.24) is 14.2 Å². The first-order chi connectivity index (χ1) is 17.1. The lowest BCUT2D eigenvalue weighted by molar-refractivity contribution is -0.129. The van der Waals surface area contributed by atoms with Crippen LogP contribution in [-0.2, 0) is 4.79 Å². The van der Waals surface area contributed by atoms with E-state index in [1.807, 2.05) is 11.0 Å². The van der Waals surface area contributed by atoms with Crippen LogP contribution in [0.2, 0.25) is 0 Å². The van der Waals surface area contributed by atoms with E-state index < -0.39 is 0 Å². The molecule has 2 heterocycles. The molecule has 8 heteroatoms. The molecule has 1 aliphatic rings. The molecule has 0 spiro atoms. The highest BCUT2D eigenvalue weighted by atomic mass is 32.1. The molecule has 4 rings (SSSR count). The minimum Gasteiger partial charge on any atom is -0.494 e. The van der Waals surface area contributed by atoms with Crippen molar-refractivity contribution >= 4 is 33.2 Å². The highest BCUT2D eigenvalue weighted by Crippen LogP contribution is 2.34. The van der Waals surface area contributed by atoms with Gasteiger partial charge < -0.3 is 24.5 Å². The van der Waals surface area contributed by atoms with Gasteiger partial charge in [-0.2, -0.15) is 4.37 Å². The normalized spacial score (nSPS) is 14.2. The van der Waals surface area contributed by atoms with Crippen LogP contribution in [0.1, 0.15) is 26.7 Å². The number of nitrogens with zero attached hydrogens (tertiary/aromatic N) is 4. The van der Waals surface area contributed by atoms with Gasteiger partial charge in [0.25, 0.3) is 0 Å². The first-order valence-corrected chi connectivity index (χ1v) is 13.3. The van der Waals surface area contributed by atoms with Gasteiger partial charge in [-0.25, -0.2) is 0 Å². The van der Waals surface area contributed by atoms with E-state index in [9.17, 15) is 4.79 Å². The number of piperazine rings is 1. The van der Waals surface area contributed by atoms with Crippen molar-refractivity contribution < 1.29 is 14.6 Å². The standard InChI is InChI=1S/C27H36N4O3S/c1-3-29(17-18-32)12-4-5-19-34-24-10-11-25-26(20-24)35-28-27(25)22-6-8-23(9-7-22)31-15-13-30(14-16-31)21(2)33/h6-11,20,32H,3-5,12-19H2,1-2H3. The molecule has 2 aromatic carbocycles. The van der Waals surface area contributed by atoms with E-state index in [1.165, 1.54) is 17.2 Å². The zero-order valence-electron chi connectivity index (χ0n) is 20.8. The summed E-state index contributed by atoms with van der Waals surface area (Å²) in [5, 5.41) is 10.2. The molecule has 35 heavy (non-hydrogen) atoms. The molecule has 1 saturated heterocycles. The fraction of sp³-hybridized carbons (Fsp3) is 0.481. The van der Waals surface area contributed by atoms with Crippen LogP contribution >= 0.6 is 11.5 Å². The van der Waals surface area contributed by atoms with Crippen LogP contribution in [0.3, 0.4) is 0 Å². The number of benzene rings is 2. The molecule has 1 aromatic heterocycles. The SMILES string of the molecule is CCN(CCO)CCCCOc1ccc2c(-c3ccc(N4CCN(C(C)=O)CC4)cc3)nsc2c1. The van der Waals surface area contributed by atoms with Crippen LogP contribution in [0, 0.1) is 0 Å². The third kappa shape index (κ3) is 6.51. The molecule has 1 fully saturated rings. The van der Waals surface area contributed by atoms with E-state index in [0.717, 1.165) is 85.7 Å². The monoisotopic (exact) mass is 496 g/mol. The minimum absolute atomic E-state index is 0.154. The second-order valence-electron chi connectivity index (χ2n) is 8.94. The zero-order chi connectivity index (χ0) is 24.6. The Bertz CT molecular complexity index is 1090. The third-order valence-corrected chi connectivity index (χ3v) is 7.48. The summed E-state index contributed by atoms with van der Waals surface area (Å²) < 4.78 is 11.9. The number of anilines is 1. The van der Waals surface area contributed by atoms with Crippen LogP contribution in [0.25, 0.3) is 21.3 Å². The summed E-state index contributed by atoms with van der Waals surface area (Å²) in [4.78, 5) is 18.1. The highest BCUT2D eigenvalue weighted by Gasteiger charge is 2.19. The Kier molecular flexibility index (Phi) is 8.95. The smallest absolute Gasteiger partial charge is 0.219 e. The molecule has 0 radical (unpaired) electrons. The van der Waals surface area contributed by atoms with E-state index in [0.29, 0.717) is 6.61 Å². The lowest BCUT2D eigenvalue weighted by Gasteiger charge is -2.35. The molecule has 0 aliphatic carbocycles. The van der Waals surface area contributed by atoms with Crippen molar-refractivity contribution in [1.29, 1.82) is 0 Å². The summed E-state index contributed by atoms with van der Waals surface area (Å²) >= 11 is 1.51. The largest absolute Gasteiger partial charge is 0.494 e. The Labute approximate surface area is 212 Å². The van der Waals surface area contributed by atoms with Gasteiger partial charge in [-0.15, -0.1) is 0 Å². The van der Waals surface area contributed by atoms with Crippen LogP contribution in [0.4, 0.5) is 5.69 Å². The predicted octanol–water partition coefficient (Wildman–Crippen LogP) is 4.11. The topological polar surface area (TPSA) is 69.1 Å². The molecule has 1 amide bonds. The van der Waals surface area contributed by atoms with Crippen molar-refractivity contribution in [3.63, 3.8) is 0 Å². The van der Waals surface area contributed by atoms with Crippen molar-refractivity contribution in [3.05, 3.63) is 42.5 Å². The quantitative estimate of drug-likeness (QED) is 0.403. The van der Waals surface area contributed by atoms with Crippen LogP contribution in [0.5, 0.6) is 5.75 Å². The van der Waals surface area contributed by atoms with Gasteiger partial charge >= 0.3 is 0 Å². The van der Waals surface area contributed by atoms with Gasteiger partial charge in [-0.1, -0.05) is 19.1 Å². The molecular weight excluding hydrogens is 460 g/mol. The lowest BCUT2D eigenvalue weighted by atomic mass is 10.1. The second-order valence-corrected chi connectivity index (χ2v) is 9.75. The van der Waals surface area contributed by atoms with Gasteiger partial charge in [0.2, 0.25) is 5.91 Å². The minimum atomic E-state index is 0.154. The van der Waals surface area contributed by atoms with Crippen LogP contribution in [-0.4, -0.2) is 84.2 Å². The molecule has 188 valence electrons. The summed E-state index contributed by atoms with van der Waals surface area (Å²) in [6.45, 7) is 10.6. The number of carbonyl (C=O) groups excluding carboxylic acids is 1. The number of aromatic nitrogens is 1. The molecule has 0 atom stereocenters. The average molecular weight is 497 g/mol. The number of ether oxygens (including phenoxy) is 1. The summed E-state index contributed by atoms with van der Waals surface area (Å²) in [5.74, 6) is 1.04. The predicted molar refractivity (Wildman–Crippen MR) is 143 cm³/mol. The number of likely N-dealkylation sites (N-methyl/N-ethyl adjacent to an activating group) is 1.